The van der Waals surface area contributed by atoms with Crippen molar-refractivity contribution in [2.75, 3.05) is 0 Å². The van der Waals surface area contributed by atoms with Crippen molar-refractivity contribution in [3.63, 3.8) is 0 Å². The number of benzene rings is 2. The summed E-state index contributed by atoms with van der Waals surface area (Å²) in [5.41, 5.74) is 4.11. The first-order valence-corrected chi connectivity index (χ1v) is 7.89. The maximum Gasteiger partial charge on any atom is 0.275 e. The summed E-state index contributed by atoms with van der Waals surface area (Å²) in [6.07, 6.45) is -0.877. The zero-order valence-electron chi connectivity index (χ0n) is 13.3. The third kappa shape index (κ3) is 3.78. The summed E-state index contributed by atoms with van der Waals surface area (Å²) in [6, 6.07) is 17.1. The number of hydrogen-bond donors (Lipinski definition) is 4. The minimum Gasteiger partial charge on any atom is -0.387 e. The van der Waals surface area contributed by atoms with Crippen LogP contribution in [0.15, 0.2) is 54.6 Å². The van der Waals surface area contributed by atoms with Gasteiger partial charge in [0.05, 0.1) is 0 Å². The molecular weight excluding hydrogens is 322 g/mol. The average molecular weight is 341 g/mol. The maximum atomic E-state index is 11.5. The zero-order valence-corrected chi connectivity index (χ0v) is 13.3. The van der Waals surface area contributed by atoms with E-state index in [0.29, 0.717) is 5.56 Å². The number of hydroxylamine groups is 1. The highest BCUT2D eigenvalue weighted by Gasteiger charge is 2.46. The summed E-state index contributed by atoms with van der Waals surface area (Å²) >= 11 is 0. The van der Waals surface area contributed by atoms with Gasteiger partial charge in [0, 0.05) is 0 Å². The van der Waals surface area contributed by atoms with Gasteiger partial charge < -0.3 is 14.9 Å². The van der Waals surface area contributed by atoms with Crippen molar-refractivity contribution >= 4 is 18.1 Å². The average Bonchev–Trinajstić information content (AvgIpc) is 2.96. The van der Waals surface area contributed by atoms with Crippen LogP contribution < -0.4 is 5.48 Å². The zero-order chi connectivity index (χ0) is 17.8. The van der Waals surface area contributed by atoms with Gasteiger partial charge in [0.25, 0.3) is 5.91 Å². The van der Waals surface area contributed by atoms with Crippen molar-refractivity contribution in [3.05, 3.63) is 71.3 Å². The Labute approximate surface area is 145 Å². The summed E-state index contributed by atoms with van der Waals surface area (Å²) < 4.78 is 5.40. The van der Waals surface area contributed by atoms with Crippen molar-refractivity contribution in [3.8, 4) is 0 Å². The van der Waals surface area contributed by atoms with E-state index in [2.05, 4.69) is 0 Å². The van der Waals surface area contributed by atoms with Gasteiger partial charge in [0.2, 0.25) is 0 Å². The predicted molar refractivity (Wildman–Crippen MR) is 91.4 cm³/mol. The number of hydrogen-bond acceptors (Lipinski definition) is 5. The predicted octanol–water partition coefficient (Wildman–Crippen LogP) is 1.52. The van der Waals surface area contributed by atoms with Gasteiger partial charge in [-0.2, -0.15) is 0 Å². The lowest BCUT2D eigenvalue weighted by molar-refractivity contribution is -0.144. The van der Waals surface area contributed by atoms with E-state index in [1.54, 1.807) is 12.1 Å². The molecule has 1 heterocycles. The number of amides is 1. The smallest absolute Gasteiger partial charge is 0.275 e. The molecule has 2 aromatic carbocycles. The molecule has 4 N–H and O–H groups in total. The molecule has 0 unspecified atom stereocenters. The maximum absolute atomic E-state index is 11.5. The van der Waals surface area contributed by atoms with Crippen molar-refractivity contribution in [2.24, 2.45) is 0 Å². The minimum absolute atomic E-state index is 0.636. The van der Waals surface area contributed by atoms with Crippen LogP contribution in [0.1, 0.15) is 22.8 Å². The molecule has 130 valence electrons. The van der Waals surface area contributed by atoms with E-state index in [1.807, 2.05) is 54.6 Å². The van der Waals surface area contributed by atoms with E-state index in [-0.39, 0.29) is 0 Å². The van der Waals surface area contributed by atoms with Gasteiger partial charge in [-0.25, -0.2) is 5.48 Å². The van der Waals surface area contributed by atoms with Crippen LogP contribution in [0.2, 0.25) is 0 Å². The highest BCUT2D eigenvalue weighted by Crippen LogP contribution is 2.33. The van der Waals surface area contributed by atoms with Crippen molar-refractivity contribution in [1.29, 1.82) is 0 Å². The van der Waals surface area contributed by atoms with E-state index >= 15 is 0 Å². The molecule has 25 heavy (non-hydrogen) atoms. The van der Waals surface area contributed by atoms with E-state index < -0.39 is 30.3 Å². The molecule has 1 aliphatic heterocycles. The molecule has 2 aromatic rings. The standard InChI is InChI=1S/C19H19NO5/c21-15-16(22)18(19(23)20-24)25-17(15)14-10-8-13(9-11-14)7-6-12-4-2-1-3-5-12/h1-11,15-18,21-22,24H,(H,20,23)/b7-6+/t15-,16+,17-,18-/m0/s1. The summed E-state index contributed by atoms with van der Waals surface area (Å²) in [6.45, 7) is 0. The number of rotatable bonds is 4. The first-order chi connectivity index (χ1) is 12.1. The Morgan fingerprint density at radius 1 is 0.920 bits per heavy atom. The molecule has 4 atom stereocenters. The molecule has 3 rings (SSSR count). The van der Waals surface area contributed by atoms with Crippen LogP contribution in [0.5, 0.6) is 0 Å². The van der Waals surface area contributed by atoms with Gasteiger partial charge in [-0.15, -0.1) is 0 Å². The molecule has 0 saturated carbocycles. The molecule has 0 aromatic heterocycles. The van der Waals surface area contributed by atoms with Gasteiger partial charge in [-0.3, -0.25) is 10.0 Å². The Bertz CT molecular complexity index is 744. The molecule has 0 aliphatic carbocycles. The fourth-order valence-corrected chi connectivity index (χ4v) is 2.79. The number of nitrogens with one attached hydrogen (secondary N) is 1. The first-order valence-electron chi connectivity index (χ1n) is 7.89. The Morgan fingerprint density at radius 3 is 2.12 bits per heavy atom. The van der Waals surface area contributed by atoms with E-state index in [4.69, 9.17) is 9.94 Å². The summed E-state index contributed by atoms with van der Waals surface area (Å²) in [4.78, 5) is 11.5. The summed E-state index contributed by atoms with van der Waals surface area (Å²) in [5.74, 6) is -0.892. The van der Waals surface area contributed by atoms with Gasteiger partial charge in [0.15, 0.2) is 6.10 Å². The second kappa shape index (κ2) is 7.58. The topological polar surface area (TPSA) is 99.0 Å². The molecule has 6 heteroatoms. The fraction of sp³-hybridized carbons (Fsp3) is 0.211. The van der Waals surface area contributed by atoms with Gasteiger partial charge in [0.1, 0.15) is 18.3 Å². The van der Waals surface area contributed by atoms with Crippen LogP contribution in [-0.4, -0.2) is 39.6 Å². The number of ether oxygens (including phenoxy) is 1. The Kier molecular flexibility index (Phi) is 5.25. The van der Waals surface area contributed by atoms with Crippen LogP contribution in [0.4, 0.5) is 0 Å². The SMILES string of the molecule is O=C(NO)[C@H]1O[C@@H](c2ccc(/C=C/c3ccccc3)cc2)[C@@H](O)[C@H]1O. The lowest BCUT2D eigenvalue weighted by Crippen LogP contribution is -2.41. The normalized spacial score (nSPS) is 26.0. The fourth-order valence-electron chi connectivity index (χ4n) is 2.79. The third-order valence-electron chi connectivity index (χ3n) is 4.16. The quantitative estimate of drug-likeness (QED) is 0.384. The van der Waals surface area contributed by atoms with Crippen molar-refractivity contribution in [2.45, 2.75) is 24.4 Å². The lowest BCUT2D eigenvalue weighted by Gasteiger charge is -2.15. The van der Waals surface area contributed by atoms with Gasteiger partial charge in [-0.05, 0) is 16.7 Å². The molecule has 0 spiro atoms. The largest absolute Gasteiger partial charge is 0.387 e. The van der Waals surface area contributed by atoms with Crippen LogP contribution in [-0.2, 0) is 9.53 Å². The molecule has 1 amide bonds. The molecule has 1 aliphatic rings. The van der Waals surface area contributed by atoms with Gasteiger partial charge in [-0.1, -0.05) is 66.7 Å². The number of carbonyl (C=O) groups is 1. The van der Waals surface area contributed by atoms with E-state index in [1.165, 1.54) is 5.48 Å². The molecular formula is C19H19NO5. The minimum atomic E-state index is -1.41. The van der Waals surface area contributed by atoms with Crippen molar-refractivity contribution < 1.29 is 25.0 Å². The van der Waals surface area contributed by atoms with Crippen LogP contribution in [0.3, 0.4) is 0 Å². The monoisotopic (exact) mass is 341 g/mol. The molecule has 1 fully saturated rings. The highest BCUT2D eigenvalue weighted by molar-refractivity contribution is 5.80. The molecule has 1 saturated heterocycles. The highest BCUT2D eigenvalue weighted by atomic mass is 16.6. The second-order valence-electron chi connectivity index (χ2n) is 5.85. The van der Waals surface area contributed by atoms with Crippen LogP contribution in [0.25, 0.3) is 12.2 Å². The first kappa shape index (κ1) is 17.3. The second-order valence-corrected chi connectivity index (χ2v) is 5.85. The molecule has 6 nitrogen and oxygen atoms in total. The van der Waals surface area contributed by atoms with Crippen molar-refractivity contribution in [1.82, 2.24) is 5.48 Å². The number of aliphatic hydroxyl groups is 2. The lowest BCUT2D eigenvalue weighted by atomic mass is 10.00. The Balaban J connectivity index is 1.72. The van der Waals surface area contributed by atoms with E-state index in [9.17, 15) is 15.0 Å². The summed E-state index contributed by atoms with van der Waals surface area (Å²) in [7, 11) is 0. The number of carbonyl (C=O) groups excluding carboxylic acids is 1. The summed E-state index contributed by atoms with van der Waals surface area (Å²) in [5, 5.41) is 28.7. The Hall–Kier alpha value is -2.51. The molecule has 0 radical (unpaired) electrons. The molecule has 0 bridgehead atoms. The third-order valence-corrected chi connectivity index (χ3v) is 4.16. The van der Waals surface area contributed by atoms with E-state index in [0.717, 1.165) is 11.1 Å². The van der Waals surface area contributed by atoms with Crippen LogP contribution >= 0.6 is 0 Å². The number of aliphatic hydroxyl groups excluding tert-OH is 2. The van der Waals surface area contributed by atoms with Crippen LogP contribution in [0, 0.1) is 0 Å². The Morgan fingerprint density at radius 2 is 1.52 bits per heavy atom. The van der Waals surface area contributed by atoms with Gasteiger partial charge >= 0.3 is 0 Å².